The van der Waals surface area contributed by atoms with Gasteiger partial charge in [-0.1, -0.05) is 24.3 Å². The van der Waals surface area contributed by atoms with Gasteiger partial charge in [-0.15, -0.1) is 0 Å². The number of carbonyl (C=O) groups excluding carboxylic acids is 1. The molecule has 0 spiro atoms. The van der Waals surface area contributed by atoms with E-state index < -0.39 is 9.85 Å². The Balaban J connectivity index is 2.03. The van der Waals surface area contributed by atoms with Gasteiger partial charge in [-0.05, 0) is 24.3 Å². The standard InChI is InChI=1S/C20H17N3O5/c1-21-16(10-14-6-2-4-8-19(14)22(25)26)12-18(24)13-17(21)11-15-7-3-5-9-20(15)23(27)28/h2-11H,12-13H2,1H3/b16-10-,17-11+. The molecule has 8 heteroatoms. The van der Waals surface area contributed by atoms with Gasteiger partial charge in [0.1, 0.15) is 5.78 Å². The van der Waals surface area contributed by atoms with Gasteiger partial charge in [0.25, 0.3) is 11.4 Å². The number of piperidine rings is 1. The van der Waals surface area contributed by atoms with Crippen molar-refractivity contribution in [1.29, 1.82) is 0 Å². The smallest absolute Gasteiger partial charge is 0.276 e. The third-order valence-corrected chi connectivity index (χ3v) is 4.53. The van der Waals surface area contributed by atoms with E-state index in [2.05, 4.69) is 0 Å². The molecule has 0 radical (unpaired) electrons. The quantitative estimate of drug-likeness (QED) is 0.583. The minimum atomic E-state index is -0.471. The summed E-state index contributed by atoms with van der Waals surface area (Å²) >= 11 is 0. The largest absolute Gasteiger partial charge is 0.351 e. The molecule has 0 amide bonds. The fraction of sp³-hybridized carbons (Fsp3) is 0.150. The van der Waals surface area contributed by atoms with Crippen LogP contribution in [0.4, 0.5) is 11.4 Å². The van der Waals surface area contributed by atoms with Crippen molar-refractivity contribution in [3.05, 3.63) is 91.3 Å². The third-order valence-electron chi connectivity index (χ3n) is 4.53. The number of allylic oxidation sites excluding steroid dienone is 2. The molecule has 0 saturated carbocycles. The van der Waals surface area contributed by atoms with E-state index in [0.717, 1.165) is 0 Å². The lowest BCUT2D eigenvalue weighted by Gasteiger charge is -2.30. The summed E-state index contributed by atoms with van der Waals surface area (Å²) < 4.78 is 0. The first-order valence-corrected chi connectivity index (χ1v) is 8.50. The van der Waals surface area contributed by atoms with Gasteiger partial charge >= 0.3 is 0 Å². The van der Waals surface area contributed by atoms with Gasteiger partial charge < -0.3 is 4.90 Å². The molecule has 2 aromatic rings. The van der Waals surface area contributed by atoms with Crippen LogP contribution in [0.1, 0.15) is 24.0 Å². The predicted molar refractivity (Wildman–Crippen MR) is 104 cm³/mol. The molecule has 3 rings (SSSR count). The zero-order chi connectivity index (χ0) is 20.3. The normalized spacial score (nSPS) is 17.2. The number of Topliss-reactive ketones (excluding diaryl/α,β-unsaturated/α-hetero) is 1. The van der Waals surface area contributed by atoms with Crippen molar-refractivity contribution in [2.24, 2.45) is 0 Å². The highest BCUT2D eigenvalue weighted by Crippen LogP contribution is 2.31. The summed E-state index contributed by atoms with van der Waals surface area (Å²) in [5.74, 6) is -0.0623. The lowest BCUT2D eigenvalue weighted by atomic mass is 9.99. The van der Waals surface area contributed by atoms with E-state index in [9.17, 15) is 25.0 Å². The molecular weight excluding hydrogens is 362 g/mol. The average Bonchev–Trinajstić information content (AvgIpc) is 2.66. The number of ketones is 1. The molecular formula is C20H17N3O5. The highest BCUT2D eigenvalue weighted by molar-refractivity contribution is 5.88. The number of nitro groups is 2. The second-order valence-electron chi connectivity index (χ2n) is 6.35. The van der Waals surface area contributed by atoms with Gasteiger partial charge in [-0.3, -0.25) is 25.0 Å². The van der Waals surface area contributed by atoms with Gasteiger partial charge in [0, 0.05) is 43.4 Å². The van der Waals surface area contributed by atoms with Crippen LogP contribution in [0.3, 0.4) is 0 Å². The summed E-state index contributed by atoms with van der Waals surface area (Å²) in [6.45, 7) is 0. The number of rotatable bonds is 4. The second-order valence-corrected chi connectivity index (χ2v) is 6.35. The Hall–Kier alpha value is -3.81. The minimum absolute atomic E-state index is 0.0503. The van der Waals surface area contributed by atoms with Crippen molar-refractivity contribution in [3.8, 4) is 0 Å². The van der Waals surface area contributed by atoms with E-state index >= 15 is 0 Å². The van der Waals surface area contributed by atoms with Crippen LogP contribution in [0.25, 0.3) is 12.2 Å². The van der Waals surface area contributed by atoms with Crippen LogP contribution >= 0.6 is 0 Å². The number of nitro benzene ring substituents is 2. The van der Waals surface area contributed by atoms with Crippen molar-refractivity contribution in [3.63, 3.8) is 0 Å². The van der Waals surface area contributed by atoms with Crippen LogP contribution in [0.2, 0.25) is 0 Å². The molecule has 28 heavy (non-hydrogen) atoms. The maximum absolute atomic E-state index is 12.3. The Morgan fingerprint density at radius 2 is 1.21 bits per heavy atom. The Labute approximate surface area is 160 Å². The molecule has 0 unspecified atom stereocenters. The van der Waals surface area contributed by atoms with E-state index in [0.29, 0.717) is 22.5 Å². The van der Waals surface area contributed by atoms with Crippen LogP contribution < -0.4 is 0 Å². The number of benzene rings is 2. The first-order chi connectivity index (χ1) is 13.4. The summed E-state index contributed by atoms with van der Waals surface area (Å²) in [4.78, 5) is 35.6. The van der Waals surface area contributed by atoms with Crippen molar-refractivity contribution in [1.82, 2.24) is 4.90 Å². The first-order valence-electron chi connectivity index (χ1n) is 8.50. The molecule has 0 atom stereocenters. The zero-order valence-electron chi connectivity index (χ0n) is 15.1. The summed E-state index contributed by atoms with van der Waals surface area (Å²) in [5.41, 5.74) is 1.88. The highest BCUT2D eigenvalue weighted by Gasteiger charge is 2.24. The minimum Gasteiger partial charge on any atom is -0.351 e. The maximum Gasteiger partial charge on any atom is 0.276 e. The van der Waals surface area contributed by atoms with Gasteiger partial charge in [0.2, 0.25) is 0 Å². The predicted octanol–water partition coefficient (Wildman–Crippen LogP) is 4.18. The Morgan fingerprint density at radius 3 is 1.61 bits per heavy atom. The van der Waals surface area contributed by atoms with Crippen LogP contribution in [-0.2, 0) is 4.79 Å². The summed E-state index contributed by atoms with van der Waals surface area (Å²) in [6, 6.07) is 12.6. The van der Waals surface area contributed by atoms with Crippen molar-refractivity contribution in [2.75, 3.05) is 7.05 Å². The molecule has 8 nitrogen and oxygen atoms in total. The number of likely N-dealkylation sites (tertiary alicyclic amines) is 1. The molecule has 2 aromatic carbocycles. The van der Waals surface area contributed by atoms with Crippen molar-refractivity contribution >= 4 is 29.3 Å². The lowest BCUT2D eigenvalue weighted by Crippen LogP contribution is -2.26. The van der Waals surface area contributed by atoms with Crippen LogP contribution in [0.15, 0.2) is 59.9 Å². The Morgan fingerprint density at radius 1 is 0.821 bits per heavy atom. The van der Waals surface area contributed by atoms with E-state index in [1.807, 2.05) is 0 Å². The topological polar surface area (TPSA) is 107 Å². The maximum atomic E-state index is 12.3. The highest BCUT2D eigenvalue weighted by atomic mass is 16.6. The summed E-state index contributed by atoms with van der Waals surface area (Å²) in [7, 11) is 1.74. The van der Waals surface area contributed by atoms with Gasteiger partial charge in [-0.2, -0.15) is 0 Å². The number of carbonyl (C=O) groups is 1. The average molecular weight is 379 g/mol. The third kappa shape index (κ3) is 3.96. The van der Waals surface area contributed by atoms with Gasteiger partial charge in [-0.25, -0.2) is 0 Å². The second kappa shape index (κ2) is 7.83. The summed E-state index contributed by atoms with van der Waals surface area (Å²) in [6.07, 6.45) is 3.50. The van der Waals surface area contributed by atoms with Crippen LogP contribution in [-0.4, -0.2) is 27.6 Å². The summed E-state index contributed by atoms with van der Waals surface area (Å²) in [5, 5.41) is 22.5. The van der Waals surface area contributed by atoms with Gasteiger partial charge in [0.05, 0.1) is 21.0 Å². The molecule has 1 fully saturated rings. The molecule has 1 heterocycles. The van der Waals surface area contributed by atoms with E-state index in [1.54, 1.807) is 60.5 Å². The van der Waals surface area contributed by atoms with Crippen molar-refractivity contribution < 1.29 is 14.6 Å². The molecule has 1 aliphatic heterocycles. The van der Waals surface area contributed by atoms with Gasteiger partial charge in [0.15, 0.2) is 0 Å². The lowest BCUT2D eigenvalue weighted by molar-refractivity contribution is -0.385. The Bertz CT molecular complexity index is 947. The molecule has 0 bridgehead atoms. The molecule has 0 aromatic heterocycles. The molecule has 1 aliphatic rings. The van der Waals surface area contributed by atoms with Crippen molar-refractivity contribution in [2.45, 2.75) is 12.8 Å². The Kier molecular flexibility index (Phi) is 5.30. The fourth-order valence-corrected chi connectivity index (χ4v) is 3.09. The molecule has 1 saturated heterocycles. The zero-order valence-corrected chi connectivity index (χ0v) is 15.1. The molecule has 0 aliphatic carbocycles. The van der Waals surface area contributed by atoms with E-state index in [4.69, 9.17) is 0 Å². The fourth-order valence-electron chi connectivity index (χ4n) is 3.09. The molecule has 142 valence electrons. The first kappa shape index (κ1) is 19.0. The monoisotopic (exact) mass is 379 g/mol. The number of para-hydroxylation sites is 2. The van der Waals surface area contributed by atoms with Crippen LogP contribution in [0.5, 0.6) is 0 Å². The van der Waals surface area contributed by atoms with E-state index in [-0.39, 0.29) is 30.0 Å². The number of hydrogen-bond donors (Lipinski definition) is 0. The SMILES string of the molecule is CN1/C(=C\c2ccccc2[N+](=O)[O-])CC(=O)C/C1=C\c1ccccc1[N+](=O)[O-]. The molecule has 0 N–H and O–H groups in total. The van der Waals surface area contributed by atoms with Crippen LogP contribution in [0, 0.1) is 20.2 Å². The van der Waals surface area contributed by atoms with E-state index in [1.165, 1.54) is 12.1 Å². The number of hydrogen-bond acceptors (Lipinski definition) is 6. The number of nitrogens with zero attached hydrogens (tertiary/aromatic N) is 3.